The van der Waals surface area contributed by atoms with Crippen molar-refractivity contribution in [3.63, 3.8) is 0 Å². The SMILES string of the molecule is CNC(=O)c1cccc(Cn2ccccc2=O)c1. The summed E-state index contributed by atoms with van der Waals surface area (Å²) in [7, 11) is 1.59. The third-order valence-corrected chi connectivity index (χ3v) is 2.67. The van der Waals surface area contributed by atoms with Gasteiger partial charge in [0.1, 0.15) is 0 Å². The van der Waals surface area contributed by atoms with Crippen molar-refractivity contribution in [3.05, 3.63) is 70.1 Å². The molecule has 92 valence electrons. The summed E-state index contributed by atoms with van der Waals surface area (Å²) in [6.45, 7) is 0.463. The average molecular weight is 242 g/mol. The second kappa shape index (κ2) is 5.31. The second-order valence-electron chi connectivity index (χ2n) is 3.95. The van der Waals surface area contributed by atoms with Gasteiger partial charge in [-0.2, -0.15) is 0 Å². The molecule has 2 aromatic rings. The van der Waals surface area contributed by atoms with E-state index in [2.05, 4.69) is 5.32 Å². The third-order valence-electron chi connectivity index (χ3n) is 2.67. The molecule has 0 saturated heterocycles. The van der Waals surface area contributed by atoms with Crippen LogP contribution in [0.25, 0.3) is 0 Å². The van der Waals surface area contributed by atoms with E-state index in [4.69, 9.17) is 0 Å². The summed E-state index contributed by atoms with van der Waals surface area (Å²) in [6, 6.07) is 12.3. The number of aromatic nitrogens is 1. The van der Waals surface area contributed by atoms with Crippen LogP contribution in [0.5, 0.6) is 0 Å². The van der Waals surface area contributed by atoms with Gasteiger partial charge in [-0.3, -0.25) is 9.59 Å². The van der Waals surface area contributed by atoms with Gasteiger partial charge in [0.05, 0.1) is 6.54 Å². The number of rotatable bonds is 3. The van der Waals surface area contributed by atoms with Crippen LogP contribution in [0, 0.1) is 0 Å². The molecule has 1 heterocycles. The molecular formula is C14H14N2O2. The van der Waals surface area contributed by atoms with Crippen molar-refractivity contribution in [3.8, 4) is 0 Å². The van der Waals surface area contributed by atoms with Crippen LogP contribution in [0.3, 0.4) is 0 Å². The van der Waals surface area contributed by atoms with Crippen molar-refractivity contribution in [1.29, 1.82) is 0 Å². The van der Waals surface area contributed by atoms with Crippen molar-refractivity contribution in [2.75, 3.05) is 7.05 Å². The fraction of sp³-hybridized carbons (Fsp3) is 0.143. The van der Waals surface area contributed by atoms with E-state index in [9.17, 15) is 9.59 Å². The second-order valence-corrected chi connectivity index (χ2v) is 3.95. The molecule has 18 heavy (non-hydrogen) atoms. The van der Waals surface area contributed by atoms with Crippen molar-refractivity contribution in [2.45, 2.75) is 6.54 Å². The molecule has 0 spiro atoms. The molecule has 0 unspecified atom stereocenters. The smallest absolute Gasteiger partial charge is 0.251 e. The van der Waals surface area contributed by atoms with Gasteiger partial charge in [-0.25, -0.2) is 0 Å². The van der Waals surface area contributed by atoms with Crippen molar-refractivity contribution < 1.29 is 4.79 Å². The number of hydrogen-bond donors (Lipinski definition) is 1. The molecule has 1 aromatic heterocycles. The topological polar surface area (TPSA) is 51.1 Å². The summed E-state index contributed by atoms with van der Waals surface area (Å²) in [5.41, 5.74) is 1.46. The Bertz CT molecular complexity index is 617. The summed E-state index contributed by atoms with van der Waals surface area (Å²) in [4.78, 5) is 23.1. The number of hydrogen-bond acceptors (Lipinski definition) is 2. The molecule has 0 aliphatic rings. The maximum atomic E-state index is 11.6. The first-order valence-electron chi connectivity index (χ1n) is 5.67. The van der Waals surface area contributed by atoms with Crippen LogP contribution in [0.15, 0.2) is 53.5 Å². The number of nitrogens with zero attached hydrogens (tertiary/aromatic N) is 1. The number of carbonyl (C=O) groups excluding carboxylic acids is 1. The van der Waals surface area contributed by atoms with Crippen molar-refractivity contribution >= 4 is 5.91 Å². The van der Waals surface area contributed by atoms with Gasteiger partial charge in [-0.1, -0.05) is 18.2 Å². The Balaban J connectivity index is 2.28. The van der Waals surface area contributed by atoms with Crippen LogP contribution in [0.1, 0.15) is 15.9 Å². The predicted molar refractivity (Wildman–Crippen MR) is 69.6 cm³/mol. The van der Waals surface area contributed by atoms with Gasteiger partial charge in [0.2, 0.25) is 0 Å². The molecule has 1 N–H and O–H groups in total. The Morgan fingerprint density at radius 3 is 2.78 bits per heavy atom. The average Bonchev–Trinajstić information content (AvgIpc) is 2.41. The van der Waals surface area contributed by atoms with E-state index in [0.29, 0.717) is 12.1 Å². The van der Waals surface area contributed by atoms with Crippen LogP contribution in [0.4, 0.5) is 0 Å². The number of benzene rings is 1. The highest BCUT2D eigenvalue weighted by atomic mass is 16.1. The zero-order valence-corrected chi connectivity index (χ0v) is 10.1. The molecule has 0 fully saturated rings. The van der Waals surface area contributed by atoms with Crippen LogP contribution in [0.2, 0.25) is 0 Å². The number of nitrogens with one attached hydrogen (secondary N) is 1. The molecule has 4 nitrogen and oxygen atoms in total. The molecule has 0 atom stereocenters. The van der Waals surface area contributed by atoms with Crippen LogP contribution in [-0.2, 0) is 6.54 Å². The molecule has 0 aliphatic carbocycles. The maximum absolute atomic E-state index is 11.6. The van der Waals surface area contributed by atoms with Gasteiger partial charge in [0.25, 0.3) is 11.5 Å². The zero-order chi connectivity index (χ0) is 13.0. The lowest BCUT2D eigenvalue weighted by atomic mass is 10.1. The fourth-order valence-electron chi connectivity index (χ4n) is 1.74. The molecule has 4 heteroatoms. The van der Waals surface area contributed by atoms with Gasteiger partial charge in [0.15, 0.2) is 0 Å². The Morgan fingerprint density at radius 2 is 2.06 bits per heavy atom. The minimum atomic E-state index is -0.128. The molecule has 0 aliphatic heterocycles. The predicted octanol–water partition coefficient (Wildman–Crippen LogP) is 1.26. The van der Waals surface area contributed by atoms with Crippen molar-refractivity contribution in [2.24, 2.45) is 0 Å². The summed E-state index contributed by atoms with van der Waals surface area (Å²) >= 11 is 0. The first kappa shape index (κ1) is 12.1. The maximum Gasteiger partial charge on any atom is 0.251 e. The van der Waals surface area contributed by atoms with E-state index in [0.717, 1.165) is 5.56 Å². The highest BCUT2D eigenvalue weighted by Gasteiger charge is 2.04. The summed E-state index contributed by atoms with van der Waals surface area (Å²) < 4.78 is 1.60. The number of pyridine rings is 1. The fourth-order valence-corrected chi connectivity index (χ4v) is 1.74. The largest absolute Gasteiger partial charge is 0.355 e. The summed E-state index contributed by atoms with van der Waals surface area (Å²) in [6.07, 6.45) is 1.73. The van der Waals surface area contributed by atoms with E-state index in [1.54, 1.807) is 36.0 Å². The van der Waals surface area contributed by atoms with Crippen LogP contribution >= 0.6 is 0 Å². The van der Waals surface area contributed by atoms with Gasteiger partial charge in [0, 0.05) is 24.9 Å². The van der Waals surface area contributed by atoms with Gasteiger partial charge in [-0.15, -0.1) is 0 Å². The zero-order valence-electron chi connectivity index (χ0n) is 10.1. The molecule has 0 saturated carbocycles. The Hall–Kier alpha value is -2.36. The van der Waals surface area contributed by atoms with E-state index >= 15 is 0 Å². The van der Waals surface area contributed by atoms with E-state index in [1.807, 2.05) is 18.2 Å². The standard InChI is InChI=1S/C14H14N2O2/c1-15-14(18)12-6-4-5-11(9-12)10-16-8-3-2-7-13(16)17/h2-9H,10H2,1H3,(H,15,18). The van der Waals surface area contributed by atoms with Crippen LogP contribution in [-0.4, -0.2) is 17.5 Å². The third kappa shape index (κ3) is 2.66. The molecule has 0 bridgehead atoms. The summed E-state index contributed by atoms with van der Waals surface area (Å²) in [5.74, 6) is -0.128. The lowest BCUT2D eigenvalue weighted by molar-refractivity contribution is 0.0963. The normalized spacial score (nSPS) is 10.1. The van der Waals surface area contributed by atoms with Gasteiger partial charge < -0.3 is 9.88 Å². The number of carbonyl (C=O) groups is 1. The molecule has 2 rings (SSSR count). The highest BCUT2D eigenvalue weighted by Crippen LogP contribution is 2.06. The first-order valence-corrected chi connectivity index (χ1v) is 5.67. The number of amides is 1. The molecule has 1 aromatic carbocycles. The monoisotopic (exact) mass is 242 g/mol. The summed E-state index contributed by atoms with van der Waals surface area (Å²) in [5, 5.41) is 2.58. The lowest BCUT2D eigenvalue weighted by Crippen LogP contribution is -2.20. The van der Waals surface area contributed by atoms with Gasteiger partial charge >= 0.3 is 0 Å². The quantitative estimate of drug-likeness (QED) is 0.880. The molecular weight excluding hydrogens is 228 g/mol. The van der Waals surface area contributed by atoms with E-state index in [1.165, 1.54) is 6.07 Å². The Kier molecular flexibility index (Phi) is 3.57. The minimum absolute atomic E-state index is 0.0529. The highest BCUT2D eigenvalue weighted by molar-refractivity contribution is 5.94. The van der Waals surface area contributed by atoms with E-state index in [-0.39, 0.29) is 11.5 Å². The Labute approximate surface area is 105 Å². The molecule has 1 amide bonds. The first-order chi connectivity index (χ1) is 8.70. The van der Waals surface area contributed by atoms with Crippen molar-refractivity contribution in [1.82, 2.24) is 9.88 Å². The van der Waals surface area contributed by atoms with E-state index < -0.39 is 0 Å². The van der Waals surface area contributed by atoms with Crippen LogP contribution < -0.4 is 10.9 Å². The molecule has 0 radical (unpaired) electrons. The minimum Gasteiger partial charge on any atom is -0.355 e. The lowest BCUT2D eigenvalue weighted by Gasteiger charge is -2.06. The Morgan fingerprint density at radius 1 is 1.22 bits per heavy atom. The van der Waals surface area contributed by atoms with Gasteiger partial charge in [-0.05, 0) is 23.8 Å².